The Balaban J connectivity index is 1.80. The zero-order valence-electron chi connectivity index (χ0n) is 21.4. The number of rotatable bonds is 7. The molecule has 1 aromatic rings. The quantitative estimate of drug-likeness (QED) is 0.191. The highest BCUT2D eigenvalue weighted by molar-refractivity contribution is 6.01. The number of alkyl halides is 3. The maximum absolute atomic E-state index is 13.3. The SMILES string of the molecule is C=C1NC(=O)[C@H](CCOc2ccc(C3(C(F)(F)F)N=N3)cc2[N+](=O)[O-])NC(=O)[C@H](C(C)C)OC(=O)[C@H](C)NC1=O. The number of ether oxygens (including phenoxy) is 2. The van der Waals surface area contributed by atoms with E-state index in [9.17, 15) is 42.5 Å². The van der Waals surface area contributed by atoms with E-state index in [1.54, 1.807) is 13.8 Å². The van der Waals surface area contributed by atoms with E-state index in [0.29, 0.717) is 6.07 Å². The molecule has 3 rings (SSSR count). The topological polar surface area (TPSA) is 191 Å². The summed E-state index contributed by atoms with van der Waals surface area (Å²) >= 11 is 0. The first-order valence-electron chi connectivity index (χ1n) is 11.8. The van der Waals surface area contributed by atoms with Gasteiger partial charge >= 0.3 is 23.5 Å². The third-order valence-corrected chi connectivity index (χ3v) is 5.91. The van der Waals surface area contributed by atoms with Gasteiger partial charge in [0.25, 0.3) is 11.8 Å². The lowest BCUT2D eigenvalue weighted by Gasteiger charge is -2.27. The van der Waals surface area contributed by atoms with Crippen molar-refractivity contribution in [3.8, 4) is 5.75 Å². The van der Waals surface area contributed by atoms with Gasteiger partial charge in [-0.25, -0.2) is 4.79 Å². The lowest BCUT2D eigenvalue weighted by atomic mass is 10.0. The molecule has 14 nitrogen and oxygen atoms in total. The molecule has 2 aliphatic rings. The fourth-order valence-corrected chi connectivity index (χ4v) is 3.61. The van der Waals surface area contributed by atoms with Crippen molar-refractivity contribution in [1.29, 1.82) is 0 Å². The summed E-state index contributed by atoms with van der Waals surface area (Å²) in [7, 11) is 0. The normalized spacial score (nSPS) is 23.3. The van der Waals surface area contributed by atoms with Gasteiger partial charge in [-0.15, -0.1) is 10.2 Å². The van der Waals surface area contributed by atoms with Gasteiger partial charge in [-0.2, -0.15) is 13.2 Å². The fourth-order valence-electron chi connectivity index (χ4n) is 3.61. The number of nitro benzene ring substituents is 1. The Morgan fingerprint density at radius 2 is 1.82 bits per heavy atom. The van der Waals surface area contributed by atoms with Crippen LogP contribution in [0.25, 0.3) is 0 Å². The largest absolute Gasteiger partial charge is 0.487 e. The molecule has 17 heteroatoms. The lowest BCUT2D eigenvalue weighted by molar-refractivity contribution is -0.386. The van der Waals surface area contributed by atoms with Crippen molar-refractivity contribution in [1.82, 2.24) is 16.0 Å². The summed E-state index contributed by atoms with van der Waals surface area (Å²) in [5, 5.41) is 24.5. The summed E-state index contributed by atoms with van der Waals surface area (Å²) < 4.78 is 50.5. The second kappa shape index (κ2) is 11.3. The summed E-state index contributed by atoms with van der Waals surface area (Å²) in [5.74, 6) is -4.47. The highest BCUT2D eigenvalue weighted by atomic mass is 19.4. The van der Waals surface area contributed by atoms with Crippen LogP contribution in [0.2, 0.25) is 0 Å². The first-order valence-corrected chi connectivity index (χ1v) is 11.8. The number of benzene rings is 1. The van der Waals surface area contributed by atoms with Gasteiger partial charge in [0.2, 0.25) is 5.91 Å². The predicted octanol–water partition coefficient (Wildman–Crippen LogP) is 1.75. The Morgan fingerprint density at radius 1 is 1.18 bits per heavy atom. The van der Waals surface area contributed by atoms with Gasteiger partial charge < -0.3 is 25.4 Å². The van der Waals surface area contributed by atoms with E-state index in [0.717, 1.165) is 12.1 Å². The van der Waals surface area contributed by atoms with Gasteiger partial charge in [0, 0.05) is 18.1 Å². The second-order valence-corrected chi connectivity index (χ2v) is 9.27. The molecule has 216 valence electrons. The van der Waals surface area contributed by atoms with Gasteiger partial charge in [-0.05, 0) is 25.0 Å². The Hall–Kier alpha value is -4.57. The summed E-state index contributed by atoms with van der Waals surface area (Å²) in [6, 6.07) is -0.0610. The Morgan fingerprint density at radius 3 is 2.38 bits per heavy atom. The number of carbonyl (C=O) groups excluding carboxylic acids is 4. The predicted molar refractivity (Wildman–Crippen MR) is 127 cm³/mol. The highest BCUT2D eigenvalue weighted by Crippen LogP contribution is 2.53. The number of carbonyl (C=O) groups is 4. The number of nitrogens with zero attached hydrogens (tertiary/aromatic N) is 3. The Bertz CT molecular complexity index is 1280. The number of cyclic esters (lactones) is 1. The van der Waals surface area contributed by atoms with Crippen molar-refractivity contribution in [3.63, 3.8) is 0 Å². The van der Waals surface area contributed by atoms with Crippen LogP contribution >= 0.6 is 0 Å². The second-order valence-electron chi connectivity index (χ2n) is 9.27. The van der Waals surface area contributed by atoms with Crippen LogP contribution in [0.3, 0.4) is 0 Å². The molecule has 3 N–H and O–H groups in total. The summed E-state index contributed by atoms with van der Waals surface area (Å²) in [4.78, 5) is 61.0. The molecule has 0 bridgehead atoms. The van der Waals surface area contributed by atoms with Crippen LogP contribution in [0.1, 0.15) is 32.8 Å². The molecule has 0 spiro atoms. The molecule has 0 radical (unpaired) electrons. The van der Waals surface area contributed by atoms with Crippen molar-refractivity contribution in [3.05, 3.63) is 46.2 Å². The smallest absolute Gasteiger partial charge is 0.442 e. The van der Waals surface area contributed by atoms with Crippen LogP contribution in [0.15, 0.2) is 40.7 Å². The van der Waals surface area contributed by atoms with E-state index in [2.05, 4.69) is 32.8 Å². The van der Waals surface area contributed by atoms with Gasteiger partial charge in [-0.3, -0.25) is 24.5 Å². The number of hydrogen-bond donors (Lipinski definition) is 3. The van der Waals surface area contributed by atoms with Crippen LogP contribution in [0.4, 0.5) is 18.9 Å². The first-order chi connectivity index (χ1) is 18.6. The average molecular weight is 570 g/mol. The molecule has 3 amide bonds. The van der Waals surface area contributed by atoms with Gasteiger partial charge in [-0.1, -0.05) is 20.4 Å². The maximum Gasteiger partial charge on any atom is 0.442 e. The minimum atomic E-state index is -4.90. The van der Waals surface area contributed by atoms with Crippen LogP contribution < -0.4 is 20.7 Å². The van der Waals surface area contributed by atoms with E-state index in [1.807, 2.05) is 0 Å². The number of nitrogens with one attached hydrogen (secondary N) is 3. The lowest BCUT2D eigenvalue weighted by Crippen LogP contribution is -2.55. The van der Waals surface area contributed by atoms with Crippen LogP contribution in [0.5, 0.6) is 5.75 Å². The van der Waals surface area contributed by atoms with Crippen LogP contribution in [0, 0.1) is 16.0 Å². The van der Waals surface area contributed by atoms with E-state index >= 15 is 0 Å². The van der Waals surface area contributed by atoms with Gasteiger partial charge in [0.1, 0.15) is 12.1 Å². The number of esters is 1. The van der Waals surface area contributed by atoms with Crippen molar-refractivity contribution in [2.75, 3.05) is 6.61 Å². The van der Waals surface area contributed by atoms with Gasteiger partial charge in [0.05, 0.1) is 17.2 Å². The third kappa shape index (κ3) is 6.35. The molecule has 1 saturated heterocycles. The molecule has 2 heterocycles. The molecule has 1 fully saturated rings. The fraction of sp³-hybridized carbons (Fsp3) is 0.478. The monoisotopic (exact) mass is 570 g/mol. The molecular weight excluding hydrogens is 545 g/mol. The summed E-state index contributed by atoms with van der Waals surface area (Å²) in [6.45, 7) is 7.47. The van der Waals surface area contributed by atoms with Crippen molar-refractivity contribution in [2.45, 2.75) is 57.2 Å². The third-order valence-electron chi connectivity index (χ3n) is 5.91. The molecule has 2 aliphatic heterocycles. The standard InChI is InChI=1S/C23H25F3N6O8/c1-10(2)17-20(35)29-14(19(34)27-11(3)18(33)28-12(4)21(36)40-17)7-8-39-16-6-5-13(9-15(16)32(37)38)22(30-31-22)23(24,25)26/h5-6,9-10,12,14,17H,3,7-8H2,1-2,4H3,(H,27,34)(H,28,33)(H,29,35)/t12-,14-,17-/m0/s1. The van der Waals surface area contributed by atoms with E-state index in [-0.39, 0.29) is 6.42 Å². The van der Waals surface area contributed by atoms with Crippen LogP contribution in [-0.2, 0) is 29.6 Å². The molecule has 0 unspecified atom stereocenters. The van der Waals surface area contributed by atoms with E-state index in [4.69, 9.17) is 9.47 Å². The molecule has 0 aliphatic carbocycles. The summed E-state index contributed by atoms with van der Waals surface area (Å²) in [5.41, 5.74) is -4.71. The number of hydrogen-bond acceptors (Lipinski definition) is 10. The Labute approximate surface area is 224 Å². The Kier molecular flexibility index (Phi) is 8.45. The van der Waals surface area contributed by atoms with E-state index < -0.39 is 93.9 Å². The molecule has 1 aromatic carbocycles. The van der Waals surface area contributed by atoms with Crippen LogP contribution in [-0.4, -0.2) is 59.6 Å². The van der Waals surface area contributed by atoms with E-state index in [1.165, 1.54) is 6.92 Å². The average Bonchev–Trinajstić information content (AvgIpc) is 3.68. The maximum atomic E-state index is 13.3. The first kappa shape index (κ1) is 30.0. The zero-order chi connectivity index (χ0) is 30.0. The zero-order valence-corrected chi connectivity index (χ0v) is 21.4. The number of nitro groups is 1. The van der Waals surface area contributed by atoms with Crippen molar-refractivity contribution in [2.24, 2.45) is 16.1 Å². The molecule has 0 aromatic heterocycles. The summed E-state index contributed by atoms with van der Waals surface area (Å²) in [6.07, 6.45) is -6.56. The molecular formula is C23H25F3N6O8. The van der Waals surface area contributed by atoms with Crippen molar-refractivity contribution < 1.29 is 46.7 Å². The number of halogens is 3. The molecule has 0 saturated carbocycles. The minimum absolute atomic E-state index is 0.322. The van der Waals surface area contributed by atoms with Gasteiger partial charge in [0.15, 0.2) is 11.9 Å². The molecule has 40 heavy (non-hydrogen) atoms. The highest BCUT2D eigenvalue weighted by Gasteiger charge is 2.65. The van der Waals surface area contributed by atoms with Crippen molar-refractivity contribution >= 4 is 29.4 Å². The minimum Gasteiger partial charge on any atom is -0.487 e. The molecule has 3 atom stereocenters. The number of amides is 3.